The Morgan fingerprint density at radius 2 is 1.10 bits per heavy atom. The van der Waals surface area contributed by atoms with Gasteiger partial charge in [0.25, 0.3) is 0 Å². The highest BCUT2D eigenvalue weighted by Crippen LogP contribution is 2.42. The van der Waals surface area contributed by atoms with Gasteiger partial charge in [-0.3, -0.25) is 4.57 Å². The molecular formula is C54H60N4O. The number of hydrogen-bond acceptors (Lipinski definition) is 4. The van der Waals surface area contributed by atoms with Crippen LogP contribution in [-0.4, -0.2) is 16.2 Å². The zero-order chi connectivity index (χ0) is 42.1. The monoisotopic (exact) mass is 780 g/mol. The lowest BCUT2D eigenvalue weighted by atomic mass is 9.86. The van der Waals surface area contributed by atoms with Gasteiger partial charge in [-0.1, -0.05) is 138 Å². The minimum Gasteiger partial charge on any atom is -0.457 e. The fourth-order valence-corrected chi connectivity index (χ4v) is 8.00. The average Bonchev–Trinajstić information content (AvgIpc) is 3.77. The van der Waals surface area contributed by atoms with Gasteiger partial charge in [0.1, 0.15) is 17.3 Å². The van der Waals surface area contributed by atoms with Gasteiger partial charge < -0.3 is 14.5 Å². The van der Waals surface area contributed by atoms with E-state index in [0.717, 1.165) is 39.7 Å². The van der Waals surface area contributed by atoms with Crippen molar-refractivity contribution in [3.05, 3.63) is 162 Å². The molecule has 302 valence electrons. The third-order valence-electron chi connectivity index (χ3n) is 11.7. The predicted molar refractivity (Wildman–Crippen MR) is 251 cm³/mol. The van der Waals surface area contributed by atoms with E-state index in [9.17, 15) is 0 Å². The van der Waals surface area contributed by atoms with Crippen molar-refractivity contribution in [2.24, 2.45) is 0 Å². The number of rotatable bonds is 6. The molecule has 7 aromatic rings. The molecule has 8 rings (SSSR count). The Labute approximate surface area is 352 Å². The highest BCUT2D eigenvalue weighted by atomic mass is 16.5. The van der Waals surface area contributed by atoms with Crippen LogP contribution in [0.5, 0.6) is 11.5 Å². The zero-order valence-corrected chi connectivity index (χ0v) is 37.1. The van der Waals surface area contributed by atoms with E-state index in [1.54, 1.807) is 0 Å². The number of pyridine rings is 1. The van der Waals surface area contributed by atoms with E-state index in [4.69, 9.17) is 9.72 Å². The van der Waals surface area contributed by atoms with E-state index in [0.29, 0.717) is 6.67 Å². The Morgan fingerprint density at radius 3 is 1.78 bits per heavy atom. The first-order valence-corrected chi connectivity index (χ1v) is 21.1. The third-order valence-corrected chi connectivity index (χ3v) is 11.7. The van der Waals surface area contributed by atoms with Crippen LogP contribution in [0.4, 0.5) is 11.4 Å². The molecule has 0 unspecified atom stereocenters. The summed E-state index contributed by atoms with van der Waals surface area (Å²) in [5, 5.41) is 2.37. The van der Waals surface area contributed by atoms with Crippen molar-refractivity contribution in [2.75, 3.05) is 16.5 Å². The van der Waals surface area contributed by atoms with Crippen LogP contribution < -0.4 is 14.5 Å². The van der Waals surface area contributed by atoms with Crippen molar-refractivity contribution in [3.8, 4) is 17.3 Å². The SMILES string of the molecule is CC(C)(C)c1cccc(N2C=C(c3ccccc3)N(c3cc(Oc4ccc5c6ccc(C(C)(C)C)cc6n(-c6cc(C(C)(C)C)ccn6)c5c4)cc(C(C)(C)C)c3)C2)c1. The van der Waals surface area contributed by atoms with Crippen molar-refractivity contribution >= 4 is 38.9 Å². The summed E-state index contributed by atoms with van der Waals surface area (Å²) in [6, 6.07) is 44.2. The summed E-state index contributed by atoms with van der Waals surface area (Å²) in [6.45, 7) is 27.9. The summed E-state index contributed by atoms with van der Waals surface area (Å²) in [6.07, 6.45) is 4.24. The zero-order valence-electron chi connectivity index (χ0n) is 37.1. The molecule has 0 fully saturated rings. The summed E-state index contributed by atoms with van der Waals surface area (Å²) in [5.74, 6) is 2.49. The Morgan fingerprint density at radius 1 is 0.492 bits per heavy atom. The van der Waals surface area contributed by atoms with E-state index in [1.807, 2.05) is 6.20 Å². The van der Waals surface area contributed by atoms with Crippen LogP contribution in [0.1, 0.15) is 111 Å². The molecule has 2 aromatic heterocycles. The Balaban J connectivity index is 1.24. The molecule has 1 aliphatic heterocycles. The first kappa shape index (κ1) is 40.0. The molecule has 3 heterocycles. The fourth-order valence-electron chi connectivity index (χ4n) is 8.00. The molecule has 0 saturated heterocycles. The largest absolute Gasteiger partial charge is 0.457 e. The minimum absolute atomic E-state index is 0.00138. The number of benzene rings is 5. The fraction of sp³-hybridized carbons (Fsp3) is 0.315. The Kier molecular flexibility index (Phi) is 9.81. The molecule has 0 aliphatic carbocycles. The maximum Gasteiger partial charge on any atom is 0.137 e. The summed E-state index contributed by atoms with van der Waals surface area (Å²) < 4.78 is 9.30. The number of hydrogen-bond donors (Lipinski definition) is 0. The molecule has 0 amide bonds. The van der Waals surface area contributed by atoms with Crippen molar-refractivity contribution in [1.82, 2.24) is 9.55 Å². The number of fused-ring (bicyclic) bond motifs is 3. The lowest BCUT2D eigenvalue weighted by molar-refractivity contribution is 0.479. The van der Waals surface area contributed by atoms with Crippen LogP contribution in [-0.2, 0) is 21.7 Å². The van der Waals surface area contributed by atoms with E-state index in [-0.39, 0.29) is 21.7 Å². The molecule has 1 aliphatic rings. The van der Waals surface area contributed by atoms with Gasteiger partial charge >= 0.3 is 0 Å². The van der Waals surface area contributed by atoms with Crippen LogP contribution in [0.3, 0.4) is 0 Å². The quantitative estimate of drug-likeness (QED) is 0.168. The van der Waals surface area contributed by atoms with Crippen molar-refractivity contribution < 1.29 is 4.74 Å². The highest BCUT2D eigenvalue weighted by Gasteiger charge is 2.28. The molecule has 0 radical (unpaired) electrons. The van der Waals surface area contributed by atoms with Crippen LogP contribution in [0.15, 0.2) is 134 Å². The smallest absolute Gasteiger partial charge is 0.137 e. The first-order chi connectivity index (χ1) is 27.7. The normalized spacial score (nSPS) is 14.1. The Hall–Kier alpha value is -5.81. The average molecular weight is 781 g/mol. The molecular weight excluding hydrogens is 721 g/mol. The van der Waals surface area contributed by atoms with Crippen molar-refractivity contribution in [2.45, 2.75) is 105 Å². The van der Waals surface area contributed by atoms with Gasteiger partial charge in [0.15, 0.2) is 0 Å². The van der Waals surface area contributed by atoms with Crippen LogP contribution in [0, 0.1) is 0 Å². The highest BCUT2D eigenvalue weighted by molar-refractivity contribution is 6.09. The first-order valence-electron chi connectivity index (χ1n) is 21.1. The lowest BCUT2D eigenvalue weighted by Crippen LogP contribution is -2.27. The second-order valence-corrected chi connectivity index (χ2v) is 20.4. The van der Waals surface area contributed by atoms with E-state index in [1.165, 1.54) is 44.3 Å². The Bertz CT molecular complexity index is 2710. The van der Waals surface area contributed by atoms with Gasteiger partial charge in [0.2, 0.25) is 0 Å². The van der Waals surface area contributed by atoms with Crippen molar-refractivity contribution in [1.29, 1.82) is 0 Å². The number of nitrogens with zero attached hydrogens (tertiary/aromatic N) is 4. The minimum atomic E-state index is -0.115. The topological polar surface area (TPSA) is 33.5 Å². The molecule has 0 spiro atoms. The molecule has 0 N–H and O–H groups in total. The summed E-state index contributed by atoms with van der Waals surface area (Å²) in [5.41, 5.74) is 11.8. The molecule has 0 bridgehead atoms. The van der Waals surface area contributed by atoms with Gasteiger partial charge in [0, 0.05) is 46.7 Å². The van der Waals surface area contributed by atoms with Crippen LogP contribution in [0.25, 0.3) is 33.3 Å². The summed E-state index contributed by atoms with van der Waals surface area (Å²) >= 11 is 0. The molecule has 0 atom stereocenters. The van der Waals surface area contributed by atoms with E-state index >= 15 is 0 Å². The molecule has 5 nitrogen and oxygen atoms in total. The number of ether oxygens (including phenoxy) is 1. The van der Waals surface area contributed by atoms with Gasteiger partial charge in [-0.15, -0.1) is 0 Å². The number of anilines is 2. The molecule has 0 saturated carbocycles. The van der Waals surface area contributed by atoms with Crippen LogP contribution >= 0.6 is 0 Å². The van der Waals surface area contributed by atoms with Crippen molar-refractivity contribution in [3.63, 3.8) is 0 Å². The molecule has 59 heavy (non-hydrogen) atoms. The van der Waals surface area contributed by atoms with Gasteiger partial charge in [0.05, 0.1) is 23.4 Å². The second kappa shape index (κ2) is 14.5. The maximum atomic E-state index is 6.98. The third kappa shape index (κ3) is 8.00. The number of aromatic nitrogens is 2. The lowest BCUT2D eigenvalue weighted by Gasteiger charge is -2.28. The van der Waals surface area contributed by atoms with Crippen LogP contribution in [0.2, 0.25) is 0 Å². The standard InChI is InChI=1S/C54H60N4O/c1-51(2,3)37-19-16-20-41(27-37)56-34-49(36-17-14-13-15-18-36)57(35-56)42-28-40(54(10,11)12)29-44(32-42)59-43-22-24-46-45-23-21-38(52(4,5)6)30-47(45)58(48(46)33-43)50-31-39(25-26-55-50)53(7,8)9/h13-34H,35H2,1-12H3. The second-order valence-electron chi connectivity index (χ2n) is 20.4. The van der Waals surface area contributed by atoms with E-state index < -0.39 is 0 Å². The summed E-state index contributed by atoms with van der Waals surface area (Å²) in [7, 11) is 0. The molecule has 5 aromatic carbocycles. The molecule has 5 heteroatoms. The van der Waals surface area contributed by atoms with E-state index in [2.05, 4.69) is 225 Å². The van der Waals surface area contributed by atoms with Gasteiger partial charge in [-0.25, -0.2) is 4.98 Å². The summed E-state index contributed by atoms with van der Waals surface area (Å²) in [4.78, 5) is 9.76. The maximum absolute atomic E-state index is 6.98. The predicted octanol–water partition coefficient (Wildman–Crippen LogP) is 14.4. The van der Waals surface area contributed by atoms with Gasteiger partial charge in [-0.2, -0.15) is 0 Å². The van der Waals surface area contributed by atoms with Gasteiger partial charge in [-0.05, 0) is 104 Å².